The van der Waals surface area contributed by atoms with E-state index < -0.39 is 5.54 Å². The zero-order chi connectivity index (χ0) is 11.6. The Balaban J connectivity index is 0.00000225. The highest BCUT2D eigenvalue weighted by atomic mass is 35.5. The molecule has 16 heavy (non-hydrogen) atoms. The van der Waals surface area contributed by atoms with E-state index in [1.807, 2.05) is 12.1 Å². The van der Waals surface area contributed by atoms with Gasteiger partial charge in [0.2, 0.25) is 5.91 Å². The second kappa shape index (κ2) is 5.87. The fourth-order valence-electron chi connectivity index (χ4n) is 1.23. The maximum atomic E-state index is 11.7. The molecule has 1 amide bonds. The van der Waals surface area contributed by atoms with Gasteiger partial charge in [0.05, 0.1) is 16.4 Å². The lowest BCUT2D eigenvalue weighted by molar-refractivity contribution is -0.134. The van der Waals surface area contributed by atoms with Gasteiger partial charge in [-0.3, -0.25) is 4.79 Å². The minimum atomic E-state index is -0.824. The third-order valence-corrected chi connectivity index (χ3v) is 3.14. The van der Waals surface area contributed by atoms with Crippen molar-refractivity contribution >= 4 is 41.3 Å². The number of carbonyl (C=O) groups excluding carboxylic acids is 1. The molecule has 0 saturated carbocycles. The van der Waals surface area contributed by atoms with E-state index in [0.717, 1.165) is 9.21 Å². The summed E-state index contributed by atoms with van der Waals surface area (Å²) in [6.45, 7) is 3.96. The molecule has 0 spiro atoms. The van der Waals surface area contributed by atoms with E-state index in [9.17, 15) is 4.79 Å². The van der Waals surface area contributed by atoms with Crippen molar-refractivity contribution in [1.29, 1.82) is 0 Å². The fraction of sp³-hybridized carbons (Fsp3) is 0.500. The molecule has 0 atom stereocenters. The van der Waals surface area contributed by atoms with E-state index in [0.29, 0.717) is 6.54 Å². The predicted octanol–water partition coefficient (Wildman–Crippen LogP) is 2.52. The summed E-state index contributed by atoms with van der Waals surface area (Å²) in [4.78, 5) is 14.4. The Hall–Kier alpha value is -0.290. The van der Waals surface area contributed by atoms with E-state index >= 15 is 0 Å². The van der Waals surface area contributed by atoms with Gasteiger partial charge in [0.25, 0.3) is 0 Å². The first-order chi connectivity index (χ1) is 6.80. The van der Waals surface area contributed by atoms with Gasteiger partial charge in [-0.1, -0.05) is 11.6 Å². The van der Waals surface area contributed by atoms with Crippen LogP contribution in [0, 0.1) is 0 Å². The molecular formula is C10H16Cl2N2OS. The summed E-state index contributed by atoms with van der Waals surface area (Å²) in [6, 6.07) is 3.74. The third kappa shape index (κ3) is 4.29. The number of halogens is 2. The van der Waals surface area contributed by atoms with Gasteiger partial charge >= 0.3 is 0 Å². The van der Waals surface area contributed by atoms with Gasteiger partial charge in [0.15, 0.2) is 0 Å². The molecule has 0 saturated heterocycles. The zero-order valence-electron chi connectivity index (χ0n) is 9.49. The number of carbonyl (C=O) groups is 1. The Bertz CT molecular complexity index is 360. The van der Waals surface area contributed by atoms with Crippen LogP contribution in [0.1, 0.15) is 18.7 Å². The Labute approximate surface area is 111 Å². The van der Waals surface area contributed by atoms with Crippen molar-refractivity contribution in [2.24, 2.45) is 5.73 Å². The molecule has 3 nitrogen and oxygen atoms in total. The van der Waals surface area contributed by atoms with E-state index in [2.05, 4.69) is 0 Å². The lowest BCUT2D eigenvalue weighted by Crippen LogP contribution is -2.49. The third-order valence-electron chi connectivity index (χ3n) is 1.92. The summed E-state index contributed by atoms with van der Waals surface area (Å²) in [5.74, 6) is -0.0768. The number of nitrogens with two attached hydrogens (primary N) is 1. The minimum Gasteiger partial charge on any atom is -0.339 e. The highest BCUT2D eigenvalue weighted by Gasteiger charge is 2.25. The second-order valence-corrected chi connectivity index (χ2v) is 5.89. The Kier molecular flexibility index (Phi) is 5.76. The molecule has 6 heteroatoms. The van der Waals surface area contributed by atoms with Crippen LogP contribution in [0.4, 0.5) is 0 Å². The molecule has 0 radical (unpaired) electrons. The van der Waals surface area contributed by atoms with E-state index in [1.165, 1.54) is 11.3 Å². The van der Waals surface area contributed by atoms with Gasteiger partial charge < -0.3 is 10.6 Å². The number of rotatable bonds is 3. The summed E-state index contributed by atoms with van der Waals surface area (Å²) in [6.07, 6.45) is 0. The topological polar surface area (TPSA) is 46.3 Å². The molecule has 92 valence electrons. The quantitative estimate of drug-likeness (QED) is 0.926. The number of thiophene rings is 1. The molecule has 0 aliphatic carbocycles. The summed E-state index contributed by atoms with van der Waals surface area (Å²) in [5.41, 5.74) is 4.90. The van der Waals surface area contributed by atoms with Crippen LogP contribution >= 0.6 is 35.3 Å². The van der Waals surface area contributed by atoms with Crippen LogP contribution in [0.3, 0.4) is 0 Å². The molecule has 0 unspecified atom stereocenters. The number of amides is 1. The van der Waals surface area contributed by atoms with Crippen molar-refractivity contribution in [3.05, 3.63) is 21.3 Å². The number of nitrogens with zero attached hydrogens (tertiary/aromatic N) is 1. The average Bonchev–Trinajstić information content (AvgIpc) is 2.48. The van der Waals surface area contributed by atoms with E-state index in [1.54, 1.807) is 25.8 Å². The van der Waals surface area contributed by atoms with Crippen molar-refractivity contribution in [3.63, 3.8) is 0 Å². The molecule has 2 N–H and O–H groups in total. The molecule has 1 aromatic rings. The Morgan fingerprint density at radius 3 is 2.50 bits per heavy atom. The predicted molar refractivity (Wildman–Crippen MR) is 71.3 cm³/mol. The van der Waals surface area contributed by atoms with E-state index in [-0.39, 0.29) is 18.3 Å². The summed E-state index contributed by atoms with van der Waals surface area (Å²) >= 11 is 7.28. The molecule has 1 aromatic heterocycles. The van der Waals surface area contributed by atoms with Crippen LogP contribution in [-0.2, 0) is 11.3 Å². The SMILES string of the molecule is CN(Cc1ccc(Cl)s1)C(=O)C(C)(C)N.Cl. The van der Waals surface area contributed by atoms with Crippen molar-refractivity contribution in [2.45, 2.75) is 25.9 Å². The Morgan fingerprint density at radius 1 is 1.56 bits per heavy atom. The molecule has 1 rings (SSSR count). The lowest BCUT2D eigenvalue weighted by atomic mass is 10.1. The molecule has 0 aliphatic heterocycles. The number of likely N-dealkylation sites (N-methyl/N-ethyl adjacent to an activating group) is 1. The van der Waals surface area contributed by atoms with Gasteiger partial charge in [0, 0.05) is 11.9 Å². The Morgan fingerprint density at radius 2 is 2.12 bits per heavy atom. The monoisotopic (exact) mass is 282 g/mol. The van der Waals surface area contributed by atoms with Crippen LogP contribution in [0.2, 0.25) is 4.34 Å². The highest BCUT2D eigenvalue weighted by molar-refractivity contribution is 7.16. The van der Waals surface area contributed by atoms with Gasteiger partial charge in [-0.15, -0.1) is 23.7 Å². The van der Waals surface area contributed by atoms with Crippen LogP contribution in [-0.4, -0.2) is 23.4 Å². The largest absolute Gasteiger partial charge is 0.339 e. The first kappa shape index (κ1) is 15.7. The molecule has 0 bridgehead atoms. The molecular weight excluding hydrogens is 267 g/mol. The fourth-order valence-corrected chi connectivity index (χ4v) is 2.38. The maximum Gasteiger partial charge on any atom is 0.242 e. The van der Waals surface area contributed by atoms with Gasteiger partial charge in [-0.25, -0.2) is 0 Å². The molecule has 1 heterocycles. The van der Waals surface area contributed by atoms with Crippen molar-refractivity contribution in [3.8, 4) is 0 Å². The van der Waals surface area contributed by atoms with Crippen LogP contribution < -0.4 is 5.73 Å². The molecule has 0 aliphatic rings. The van der Waals surface area contributed by atoms with Gasteiger partial charge in [-0.05, 0) is 26.0 Å². The standard InChI is InChI=1S/C10H15ClN2OS.ClH/c1-10(2,12)9(14)13(3)6-7-4-5-8(11)15-7;/h4-5H,6,12H2,1-3H3;1H. The number of hydrogen-bond donors (Lipinski definition) is 1. The zero-order valence-corrected chi connectivity index (χ0v) is 11.9. The van der Waals surface area contributed by atoms with Crippen molar-refractivity contribution in [1.82, 2.24) is 4.90 Å². The van der Waals surface area contributed by atoms with Crippen molar-refractivity contribution < 1.29 is 4.79 Å². The maximum absolute atomic E-state index is 11.7. The van der Waals surface area contributed by atoms with Gasteiger partial charge in [-0.2, -0.15) is 0 Å². The second-order valence-electron chi connectivity index (χ2n) is 4.09. The first-order valence-electron chi connectivity index (χ1n) is 4.59. The van der Waals surface area contributed by atoms with Gasteiger partial charge in [0.1, 0.15) is 0 Å². The summed E-state index contributed by atoms with van der Waals surface area (Å²) in [5, 5.41) is 0. The van der Waals surface area contributed by atoms with Crippen LogP contribution in [0.15, 0.2) is 12.1 Å². The highest BCUT2D eigenvalue weighted by Crippen LogP contribution is 2.22. The average molecular weight is 283 g/mol. The normalized spacial score (nSPS) is 10.8. The van der Waals surface area contributed by atoms with Crippen LogP contribution in [0.5, 0.6) is 0 Å². The first-order valence-corrected chi connectivity index (χ1v) is 5.79. The molecule has 0 aromatic carbocycles. The van der Waals surface area contributed by atoms with Crippen LogP contribution in [0.25, 0.3) is 0 Å². The smallest absolute Gasteiger partial charge is 0.242 e. The molecule has 0 fully saturated rings. The summed E-state index contributed by atoms with van der Waals surface area (Å²) < 4.78 is 0.734. The van der Waals surface area contributed by atoms with Crippen molar-refractivity contribution in [2.75, 3.05) is 7.05 Å². The van der Waals surface area contributed by atoms with E-state index in [4.69, 9.17) is 17.3 Å². The lowest BCUT2D eigenvalue weighted by Gasteiger charge is -2.25. The number of hydrogen-bond acceptors (Lipinski definition) is 3. The minimum absolute atomic E-state index is 0. The summed E-state index contributed by atoms with van der Waals surface area (Å²) in [7, 11) is 1.74.